The summed E-state index contributed by atoms with van der Waals surface area (Å²) in [4.78, 5) is 11.6. The molecule has 2 amide bonds. The Hall–Kier alpha value is -2.36. The van der Waals surface area contributed by atoms with Gasteiger partial charge in [-0.2, -0.15) is 16.6 Å². The van der Waals surface area contributed by atoms with Gasteiger partial charge >= 0.3 is 6.03 Å². The van der Waals surface area contributed by atoms with E-state index >= 15 is 0 Å². The molecular weight excluding hydrogens is 286 g/mol. The number of aliphatic hydroxyl groups excluding tert-OH is 1. The summed E-state index contributed by atoms with van der Waals surface area (Å²) in [5.41, 5.74) is 2.20. The van der Waals surface area contributed by atoms with Crippen LogP contribution in [0, 0.1) is 11.3 Å². The highest BCUT2D eigenvalue weighted by Crippen LogP contribution is 2.14. The maximum Gasteiger partial charge on any atom is 0.315 e. The van der Waals surface area contributed by atoms with E-state index in [0.29, 0.717) is 12.1 Å². The number of thiophene rings is 1. The molecule has 2 rings (SSSR count). The average molecular weight is 301 g/mol. The zero-order valence-electron chi connectivity index (χ0n) is 11.2. The average Bonchev–Trinajstić information content (AvgIpc) is 3.05. The van der Waals surface area contributed by atoms with E-state index in [-0.39, 0.29) is 12.6 Å². The molecule has 2 aromatic rings. The molecule has 1 heterocycles. The van der Waals surface area contributed by atoms with E-state index in [1.807, 2.05) is 22.9 Å². The number of urea groups is 1. The Labute approximate surface area is 126 Å². The number of nitrogens with one attached hydrogen (secondary N) is 2. The summed E-state index contributed by atoms with van der Waals surface area (Å²) in [5, 5.41) is 27.7. The Morgan fingerprint density at radius 3 is 2.95 bits per heavy atom. The second kappa shape index (κ2) is 7.43. The quantitative estimate of drug-likeness (QED) is 0.791. The summed E-state index contributed by atoms with van der Waals surface area (Å²) >= 11 is 1.50. The molecule has 0 radical (unpaired) electrons. The number of nitriles is 1. The first-order valence-electron chi connectivity index (χ1n) is 6.40. The van der Waals surface area contributed by atoms with E-state index in [4.69, 9.17) is 5.26 Å². The molecule has 1 unspecified atom stereocenters. The fourth-order valence-electron chi connectivity index (χ4n) is 1.77. The maximum absolute atomic E-state index is 11.6. The van der Waals surface area contributed by atoms with Crippen LogP contribution in [-0.4, -0.2) is 17.7 Å². The van der Waals surface area contributed by atoms with Gasteiger partial charge in [-0.3, -0.25) is 0 Å². The van der Waals surface area contributed by atoms with Crippen molar-refractivity contribution in [1.29, 1.82) is 5.26 Å². The molecule has 1 aromatic heterocycles. The van der Waals surface area contributed by atoms with Crippen LogP contribution < -0.4 is 10.6 Å². The second-order valence-corrected chi connectivity index (χ2v) is 5.23. The van der Waals surface area contributed by atoms with Gasteiger partial charge < -0.3 is 15.7 Å². The van der Waals surface area contributed by atoms with Crippen LogP contribution in [0.25, 0.3) is 0 Å². The van der Waals surface area contributed by atoms with Crippen molar-refractivity contribution in [3.05, 3.63) is 57.8 Å². The van der Waals surface area contributed by atoms with Gasteiger partial charge in [0.05, 0.1) is 17.7 Å². The highest BCUT2D eigenvalue weighted by atomic mass is 32.1. The predicted octanol–water partition coefficient (Wildman–Crippen LogP) is 2.15. The van der Waals surface area contributed by atoms with Crippen molar-refractivity contribution >= 4 is 17.4 Å². The van der Waals surface area contributed by atoms with Crippen molar-refractivity contribution in [2.24, 2.45) is 0 Å². The van der Waals surface area contributed by atoms with Crippen molar-refractivity contribution < 1.29 is 9.90 Å². The molecule has 0 saturated carbocycles. The number of hydrogen-bond donors (Lipinski definition) is 3. The van der Waals surface area contributed by atoms with E-state index in [0.717, 1.165) is 11.1 Å². The van der Waals surface area contributed by atoms with Crippen molar-refractivity contribution in [2.75, 3.05) is 6.54 Å². The highest BCUT2D eigenvalue weighted by molar-refractivity contribution is 7.07. The van der Waals surface area contributed by atoms with Gasteiger partial charge in [0, 0.05) is 13.1 Å². The fraction of sp³-hybridized carbons (Fsp3) is 0.200. The van der Waals surface area contributed by atoms with Gasteiger partial charge in [-0.25, -0.2) is 4.79 Å². The largest absolute Gasteiger partial charge is 0.387 e. The van der Waals surface area contributed by atoms with Crippen LogP contribution >= 0.6 is 11.3 Å². The lowest BCUT2D eigenvalue weighted by atomic mass is 10.1. The first kappa shape index (κ1) is 15.0. The van der Waals surface area contributed by atoms with E-state index < -0.39 is 6.10 Å². The highest BCUT2D eigenvalue weighted by Gasteiger charge is 2.09. The van der Waals surface area contributed by atoms with Gasteiger partial charge in [-0.1, -0.05) is 12.1 Å². The summed E-state index contributed by atoms with van der Waals surface area (Å²) in [7, 11) is 0. The van der Waals surface area contributed by atoms with Gasteiger partial charge in [0.1, 0.15) is 0 Å². The first-order valence-corrected chi connectivity index (χ1v) is 7.34. The van der Waals surface area contributed by atoms with E-state index in [1.54, 1.807) is 18.2 Å². The maximum atomic E-state index is 11.6. The number of amides is 2. The molecule has 0 spiro atoms. The Balaban J connectivity index is 1.76. The summed E-state index contributed by atoms with van der Waals surface area (Å²) in [6, 6.07) is 10.6. The monoisotopic (exact) mass is 301 g/mol. The molecule has 0 aliphatic carbocycles. The summed E-state index contributed by atoms with van der Waals surface area (Å²) < 4.78 is 0. The molecule has 0 aliphatic rings. The van der Waals surface area contributed by atoms with E-state index in [9.17, 15) is 9.90 Å². The van der Waals surface area contributed by atoms with Crippen LogP contribution in [0.4, 0.5) is 4.79 Å². The topological polar surface area (TPSA) is 85.2 Å². The van der Waals surface area contributed by atoms with Gasteiger partial charge in [0.15, 0.2) is 0 Å². The number of nitrogens with zero attached hydrogens (tertiary/aromatic N) is 1. The molecule has 21 heavy (non-hydrogen) atoms. The van der Waals surface area contributed by atoms with Gasteiger partial charge in [0.2, 0.25) is 0 Å². The van der Waals surface area contributed by atoms with Crippen molar-refractivity contribution in [1.82, 2.24) is 10.6 Å². The number of aliphatic hydroxyl groups is 1. The third kappa shape index (κ3) is 4.60. The first-order chi connectivity index (χ1) is 10.2. The third-order valence-electron chi connectivity index (χ3n) is 2.89. The molecular formula is C15H15N3O2S. The second-order valence-electron chi connectivity index (χ2n) is 4.45. The molecule has 0 fully saturated rings. The molecule has 3 N–H and O–H groups in total. The van der Waals surface area contributed by atoms with Crippen molar-refractivity contribution in [3.63, 3.8) is 0 Å². The Bertz CT molecular complexity index is 635. The van der Waals surface area contributed by atoms with Crippen molar-refractivity contribution in [3.8, 4) is 6.07 Å². The normalized spacial score (nSPS) is 11.4. The smallest absolute Gasteiger partial charge is 0.315 e. The molecule has 1 aromatic carbocycles. The minimum Gasteiger partial charge on any atom is -0.387 e. The fourth-order valence-corrected chi connectivity index (χ4v) is 2.47. The molecule has 108 valence electrons. The summed E-state index contributed by atoms with van der Waals surface area (Å²) in [6.07, 6.45) is -0.705. The third-order valence-corrected chi connectivity index (χ3v) is 3.59. The zero-order valence-corrected chi connectivity index (χ0v) is 12.1. The number of carbonyl (C=O) groups excluding carboxylic acids is 1. The number of hydrogen-bond acceptors (Lipinski definition) is 4. The lowest BCUT2D eigenvalue weighted by Crippen LogP contribution is -2.37. The lowest BCUT2D eigenvalue weighted by Gasteiger charge is -2.11. The summed E-state index contributed by atoms with van der Waals surface area (Å²) in [6.45, 7) is 0.483. The van der Waals surface area contributed by atoms with Crippen LogP contribution in [0.15, 0.2) is 41.1 Å². The molecule has 0 bridgehead atoms. The van der Waals surface area contributed by atoms with E-state index in [2.05, 4.69) is 16.7 Å². The zero-order chi connectivity index (χ0) is 15.1. The van der Waals surface area contributed by atoms with Crippen LogP contribution in [0.5, 0.6) is 0 Å². The molecule has 1 atom stereocenters. The minimum absolute atomic E-state index is 0.154. The summed E-state index contributed by atoms with van der Waals surface area (Å²) in [5.74, 6) is 0. The Morgan fingerprint density at radius 1 is 1.38 bits per heavy atom. The Morgan fingerprint density at radius 2 is 2.24 bits per heavy atom. The van der Waals surface area contributed by atoms with Crippen LogP contribution in [0.2, 0.25) is 0 Å². The van der Waals surface area contributed by atoms with Gasteiger partial charge in [-0.15, -0.1) is 0 Å². The molecule has 6 heteroatoms. The predicted molar refractivity (Wildman–Crippen MR) is 80.7 cm³/mol. The van der Waals surface area contributed by atoms with Gasteiger partial charge in [0.25, 0.3) is 0 Å². The SMILES string of the molecule is N#Cc1cccc(CNC(=O)NCC(O)c2ccsc2)c1. The number of benzene rings is 1. The minimum atomic E-state index is -0.705. The molecule has 5 nitrogen and oxygen atoms in total. The molecule has 0 saturated heterocycles. The lowest BCUT2D eigenvalue weighted by molar-refractivity contribution is 0.173. The van der Waals surface area contributed by atoms with Crippen molar-refractivity contribution in [2.45, 2.75) is 12.6 Å². The number of carbonyl (C=O) groups is 1. The van der Waals surface area contributed by atoms with Crippen LogP contribution in [-0.2, 0) is 6.54 Å². The van der Waals surface area contributed by atoms with Crippen LogP contribution in [0.1, 0.15) is 22.8 Å². The van der Waals surface area contributed by atoms with E-state index in [1.165, 1.54) is 11.3 Å². The Kier molecular flexibility index (Phi) is 5.32. The number of rotatable bonds is 5. The standard InChI is InChI=1S/C15H15N3O2S/c16-7-11-2-1-3-12(6-11)8-17-15(20)18-9-14(19)13-4-5-21-10-13/h1-6,10,14,19H,8-9H2,(H2,17,18,20). The molecule has 0 aliphatic heterocycles. The van der Waals surface area contributed by atoms with Gasteiger partial charge in [-0.05, 0) is 40.1 Å². The van der Waals surface area contributed by atoms with Crippen LogP contribution in [0.3, 0.4) is 0 Å².